The van der Waals surface area contributed by atoms with Crippen molar-refractivity contribution >= 4 is 12.2 Å². The Bertz CT molecular complexity index is 147. The molecular weight excluding hydrogens is 154 g/mol. The van der Waals surface area contributed by atoms with Crippen molar-refractivity contribution in [2.45, 2.75) is 38.6 Å². The normalized spacial score (nSPS) is 12.1. The highest BCUT2D eigenvalue weighted by atomic mass is 16.1. The molecule has 1 radical (unpaired) electrons. The third-order valence-corrected chi connectivity index (χ3v) is 1.57. The number of nitrogens with two attached hydrogens (primary N) is 1. The topological polar surface area (TPSA) is 79.0 Å². The van der Waals surface area contributed by atoms with Gasteiger partial charge in [-0.2, -0.15) is 0 Å². The fraction of sp³-hybridized carbons (Fsp3) is 0.750. The van der Waals surface area contributed by atoms with Crippen molar-refractivity contribution in [1.82, 2.24) is 5.32 Å². The molecule has 0 heterocycles. The minimum absolute atomic E-state index is 0.167. The van der Waals surface area contributed by atoms with Gasteiger partial charge in [-0.3, -0.25) is 10.2 Å². The van der Waals surface area contributed by atoms with Gasteiger partial charge in [0.15, 0.2) is 5.96 Å². The van der Waals surface area contributed by atoms with Crippen LogP contribution in [0.2, 0.25) is 0 Å². The molecule has 0 fully saturated rings. The first-order chi connectivity index (χ1) is 5.70. The lowest BCUT2D eigenvalue weighted by molar-refractivity contribution is 0.515. The summed E-state index contributed by atoms with van der Waals surface area (Å²) in [7, 11) is 0. The Hall–Kier alpha value is -1.06. The Morgan fingerprint density at radius 2 is 2.33 bits per heavy atom. The maximum atomic E-state index is 10.3. The summed E-state index contributed by atoms with van der Waals surface area (Å²) in [5.74, 6) is -0.167. The first-order valence-corrected chi connectivity index (χ1v) is 4.19. The van der Waals surface area contributed by atoms with Crippen molar-refractivity contribution in [3.63, 3.8) is 0 Å². The zero-order chi connectivity index (χ0) is 9.40. The van der Waals surface area contributed by atoms with E-state index in [2.05, 4.69) is 12.2 Å². The Balaban J connectivity index is 3.53. The minimum Gasteiger partial charge on any atom is -0.370 e. The van der Waals surface area contributed by atoms with Crippen LogP contribution in [0.15, 0.2) is 0 Å². The first kappa shape index (κ1) is 10.9. The van der Waals surface area contributed by atoms with E-state index in [1.54, 1.807) is 0 Å². The summed E-state index contributed by atoms with van der Waals surface area (Å²) in [5, 5.41) is 9.42. The van der Waals surface area contributed by atoms with E-state index in [9.17, 15) is 4.79 Å². The van der Waals surface area contributed by atoms with Gasteiger partial charge in [-0.05, 0) is 6.42 Å². The number of hydrogen-bond donors (Lipinski definition) is 3. The highest BCUT2D eigenvalue weighted by molar-refractivity contribution is 5.78. The van der Waals surface area contributed by atoms with E-state index in [0.717, 1.165) is 19.3 Å². The molecule has 1 unspecified atom stereocenters. The Kier molecular flexibility index (Phi) is 6.05. The maximum Gasteiger partial charge on any atom is 0.222 e. The molecule has 1 atom stereocenters. The molecule has 4 N–H and O–H groups in total. The summed E-state index contributed by atoms with van der Waals surface area (Å²) in [6.45, 7) is 2.10. The van der Waals surface area contributed by atoms with Gasteiger partial charge in [0, 0.05) is 0 Å². The van der Waals surface area contributed by atoms with Crippen LogP contribution in [0.25, 0.3) is 0 Å². The molecule has 12 heavy (non-hydrogen) atoms. The molecule has 0 aromatic carbocycles. The van der Waals surface area contributed by atoms with Crippen LogP contribution in [0.4, 0.5) is 0 Å². The van der Waals surface area contributed by atoms with Gasteiger partial charge in [-0.1, -0.05) is 26.2 Å². The van der Waals surface area contributed by atoms with Crippen LogP contribution in [-0.4, -0.2) is 18.3 Å². The SMILES string of the molecule is CCCCCC([C]=O)NC(=N)N. The molecule has 0 rings (SSSR count). The van der Waals surface area contributed by atoms with Crippen LogP contribution < -0.4 is 11.1 Å². The summed E-state index contributed by atoms with van der Waals surface area (Å²) < 4.78 is 0. The van der Waals surface area contributed by atoms with E-state index < -0.39 is 6.04 Å². The van der Waals surface area contributed by atoms with Gasteiger partial charge in [0.1, 0.15) is 0 Å². The average Bonchev–Trinajstić information content (AvgIpc) is 2.02. The number of unbranched alkanes of at least 4 members (excludes halogenated alkanes) is 2. The van der Waals surface area contributed by atoms with Gasteiger partial charge in [-0.25, -0.2) is 0 Å². The Labute approximate surface area is 73.0 Å². The smallest absolute Gasteiger partial charge is 0.222 e. The van der Waals surface area contributed by atoms with E-state index in [0.29, 0.717) is 6.42 Å². The van der Waals surface area contributed by atoms with E-state index in [1.165, 1.54) is 0 Å². The van der Waals surface area contributed by atoms with Gasteiger partial charge >= 0.3 is 0 Å². The third-order valence-electron chi connectivity index (χ3n) is 1.57. The molecule has 0 amide bonds. The monoisotopic (exact) mass is 170 g/mol. The molecule has 0 aliphatic carbocycles. The van der Waals surface area contributed by atoms with Crippen LogP contribution in [0, 0.1) is 5.41 Å². The summed E-state index contributed by atoms with van der Waals surface area (Å²) in [4.78, 5) is 10.3. The number of carbonyl (C=O) groups excluding carboxylic acids is 1. The molecule has 69 valence electrons. The van der Waals surface area contributed by atoms with Crippen LogP contribution in [0.5, 0.6) is 0 Å². The zero-order valence-corrected chi connectivity index (χ0v) is 7.39. The van der Waals surface area contributed by atoms with Crippen LogP contribution in [0.3, 0.4) is 0 Å². The fourth-order valence-corrected chi connectivity index (χ4v) is 0.947. The fourth-order valence-electron chi connectivity index (χ4n) is 0.947. The van der Waals surface area contributed by atoms with Crippen molar-refractivity contribution in [3.05, 3.63) is 0 Å². The first-order valence-electron chi connectivity index (χ1n) is 4.19. The van der Waals surface area contributed by atoms with Gasteiger partial charge in [-0.15, -0.1) is 0 Å². The molecule has 0 saturated carbocycles. The number of rotatable bonds is 6. The largest absolute Gasteiger partial charge is 0.370 e. The predicted molar refractivity (Wildman–Crippen MR) is 48.7 cm³/mol. The Morgan fingerprint density at radius 1 is 1.67 bits per heavy atom. The molecule has 0 spiro atoms. The molecule has 0 aliphatic rings. The van der Waals surface area contributed by atoms with Crippen molar-refractivity contribution < 1.29 is 4.79 Å². The molecule has 4 nitrogen and oxygen atoms in total. The summed E-state index contributed by atoms with van der Waals surface area (Å²) in [5.41, 5.74) is 5.07. The highest BCUT2D eigenvalue weighted by Crippen LogP contribution is 2.01. The summed E-state index contributed by atoms with van der Waals surface area (Å²) >= 11 is 0. The van der Waals surface area contributed by atoms with E-state index in [-0.39, 0.29) is 5.96 Å². The molecule has 4 heteroatoms. The van der Waals surface area contributed by atoms with E-state index in [1.807, 2.05) is 6.29 Å². The second kappa shape index (κ2) is 6.64. The molecule has 0 saturated heterocycles. The lowest BCUT2D eigenvalue weighted by Crippen LogP contribution is -2.40. The van der Waals surface area contributed by atoms with Crippen molar-refractivity contribution in [2.24, 2.45) is 5.73 Å². The second-order valence-electron chi connectivity index (χ2n) is 2.72. The van der Waals surface area contributed by atoms with E-state index in [4.69, 9.17) is 11.1 Å². The molecule has 0 aromatic rings. The van der Waals surface area contributed by atoms with Crippen LogP contribution in [-0.2, 0) is 4.79 Å². The zero-order valence-electron chi connectivity index (χ0n) is 7.39. The predicted octanol–water partition coefficient (Wildman–Crippen LogP) is 0.528. The Morgan fingerprint density at radius 3 is 2.75 bits per heavy atom. The molecule has 0 aromatic heterocycles. The summed E-state index contributed by atoms with van der Waals surface area (Å²) in [6.07, 6.45) is 5.70. The minimum atomic E-state index is -0.408. The van der Waals surface area contributed by atoms with Gasteiger partial charge in [0.05, 0.1) is 6.04 Å². The van der Waals surface area contributed by atoms with Crippen LogP contribution >= 0.6 is 0 Å². The average molecular weight is 170 g/mol. The molecule has 0 aliphatic heterocycles. The number of nitrogens with one attached hydrogen (secondary N) is 2. The number of hydrogen-bond acceptors (Lipinski definition) is 2. The van der Waals surface area contributed by atoms with E-state index >= 15 is 0 Å². The highest BCUT2D eigenvalue weighted by Gasteiger charge is 2.06. The lowest BCUT2D eigenvalue weighted by atomic mass is 10.1. The lowest BCUT2D eigenvalue weighted by Gasteiger charge is -2.10. The number of guanidine groups is 1. The summed E-state index contributed by atoms with van der Waals surface area (Å²) in [6, 6.07) is -0.408. The van der Waals surface area contributed by atoms with Crippen LogP contribution in [0.1, 0.15) is 32.6 Å². The molecular formula is C8H16N3O. The maximum absolute atomic E-state index is 10.3. The second-order valence-corrected chi connectivity index (χ2v) is 2.72. The van der Waals surface area contributed by atoms with Gasteiger partial charge < -0.3 is 11.1 Å². The van der Waals surface area contributed by atoms with Crippen molar-refractivity contribution in [2.75, 3.05) is 0 Å². The quantitative estimate of drug-likeness (QED) is 0.309. The van der Waals surface area contributed by atoms with Gasteiger partial charge in [0.2, 0.25) is 6.29 Å². The standard InChI is InChI=1S/C8H16N3O/c1-2-3-4-5-7(6-12)11-8(9)10/h7H,2-5H2,1H3,(H4,9,10,11). The van der Waals surface area contributed by atoms with Gasteiger partial charge in [0.25, 0.3) is 0 Å². The van der Waals surface area contributed by atoms with Crippen molar-refractivity contribution in [3.8, 4) is 0 Å². The third kappa shape index (κ3) is 5.70. The molecule has 0 bridgehead atoms. The van der Waals surface area contributed by atoms with Crippen molar-refractivity contribution in [1.29, 1.82) is 5.41 Å².